The second kappa shape index (κ2) is 9.88. The lowest BCUT2D eigenvalue weighted by Gasteiger charge is -2.14. The van der Waals surface area contributed by atoms with E-state index in [4.69, 9.17) is 18.9 Å². The molecule has 0 aliphatic rings. The fourth-order valence-corrected chi connectivity index (χ4v) is 3.44. The number of hydrogen-bond acceptors (Lipinski definition) is 7. The molecule has 10 heteroatoms. The minimum atomic E-state index is -3.94. The number of sulfonamides is 1. The van der Waals surface area contributed by atoms with E-state index in [2.05, 4.69) is 10.0 Å². The van der Waals surface area contributed by atoms with Gasteiger partial charge in [-0.3, -0.25) is 9.52 Å². The van der Waals surface area contributed by atoms with Crippen molar-refractivity contribution in [1.29, 1.82) is 0 Å². The van der Waals surface area contributed by atoms with Gasteiger partial charge in [-0.1, -0.05) is 0 Å². The third kappa shape index (κ3) is 5.80. The minimum Gasteiger partial charge on any atom is -0.497 e. The van der Waals surface area contributed by atoms with Gasteiger partial charge in [0.15, 0.2) is 0 Å². The van der Waals surface area contributed by atoms with Crippen molar-refractivity contribution >= 4 is 33.4 Å². The summed E-state index contributed by atoms with van der Waals surface area (Å²) in [6, 6.07) is 7.80. The molecule has 0 aliphatic heterocycles. The Morgan fingerprint density at radius 3 is 1.97 bits per heavy atom. The van der Waals surface area contributed by atoms with Crippen LogP contribution in [0.5, 0.6) is 23.0 Å². The maximum atomic E-state index is 12.6. The fourth-order valence-electron chi connectivity index (χ4n) is 2.57. The van der Waals surface area contributed by atoms with Crippen LogP contribution in [0.2, 0.25) is 0 Å². The molecule has 0 aliphatic carbocycles. The molecule has 30 heavy (non-hydrogen) atoms. The van der Waals surface area contributed by atoms with E-state index < -0.39 is 10.0 Å². The van der Waals surface area contributed by atoms with Crippen LogP contribution in [0.1, 0.15) is 12.5 Å². The quantitative estimate of drug-likeness (QED) is 0.621. The Balaban J connectivity index is 2.39. The first-order valence-corrected chi connectivity index (χ1v) is 10.2. The molecule has 162 valence electrons. The van der Waals surface area contributed by atoms with E-state index in [0.717, 1.165) is 5.41 Å². The largest absolute Gasteiger partial charge is 0.497 e. The van der Waals surface area contributed by atoms with Crippen LogP contribution in [0.25, 0.3) is 6.08 Å². The molecule has 0 atom stereocenters. The van der Waals surface area contributed by atoms with Gasteiger partial charge in [-0.2, -0.15) is 0 Å². The highest BCUT2D eigenvalue weighted by Gasteiger charge is 2.15. The Hall–Kier alpha value is -3.40. The summed E-state index contributed by atoms with van der Waals surface area (Å²) >= 11 is 0. The molecule has 0 saturated heterocycles. The molecular weight excluding hydrogens is 412 g/mol. The lowest BCUT2D eigenvalue weighted by atomic mass is 10.1. The van der Waals surface area contributed by atoms with Crippen LogP contribution in [-0.4, -0.2) is 42.8 Å². The maximum absolute atomic E-state index is 12.6. The Kier molecular flexibility index (Phi) is 7.54. The van der Waals surface area contributed by atoms with E-state index in [1.54, 1.807) is 18.2 Å². The van der Waals surface area contributed by atoms with Gasteiger partial charge in [-0.15, -0.1) is 0 Å². The molecule has 0 bridgehead atoms. The lowest BCUT2D eigenvalue weighted by molar-refractivity contribution is -0.114. The molecule has 0 saturated carbocycles. The minimum absolute atomic E-state index is 0.185. The molecule has 0 spiro atoms. The molecule has 0 radical (unpaired) electrons. The van der Waals surface area contributed by atoms with E-state index in [9.17, 15) is 13.2 Å². The van der Waals surface area contributed by atoms with Crippen molar-refractivity contribution in [3.05, 3.63) is 41.3 Å². The first-order valence-electron chi connectivity index (χ1n) is 8.69. The number of benzene rings is 2. The molecule has 9 nitrogen and oxygen atoms in total. The zero-order valence-electron chi connectivity index (χ0n) is 17.3. The summed E-state index contributed by atoms with van der Waals surface area (Å²) in [5, 5.41) is 3.54. The topological polar surface area (TPSA) is 112 Å². The van der Waals surface area contributed by atoms with E-state index in [-0.39, 0.29) is 17.3 Å². The van der Waals surface area contributed by atoms with Crippen molar-refractivity contribution in [2.45, 2.75) is 6.92 Å². The number of rotatable bonds is 9. The van der Waals surface area contributed by atoms with Gasteiger partial charge in [0.1, 0.15) is 23.0 Å². The molecule has 0 fully saturated rings. The second-order valence-electron chi connectivity index (χ2n) is 5.99. The van der Waals surface area contributed by atoms with Crippen LogP contribution >= 0.6 is 0 Å². The number of anilines is 2. The van der Waals surface area contributed by atoms with Gasteiger partial charge in [-0.05, 0) is 18.2 Å². The van der Waals surface area contributed by atoms with Crippen molar-refractivity contribution in [2.24, 2.45) is 0 Å². The standard InChI is InChI=1S/C20H24N2O7S/c1-13(23)21-18-10-14(26-2)6-7-17(18)22-30(24,25)9-8-16-19(28-4)11-15(27-3)12-20(16)29-5/h6-12,22H,1-5H3,(H,21,23). The second-order valence-corrected chi connectivity index (χ2v) is 7.55. The predicted molar refractivity (Wildman–Crippen MR) is 115 cm³/mol. The Morgan fingerprint density at radius 2 is 1.47 bits per heavy atom. The first-order chi connectivity index (χ1) is 14.2. The summed E-state index contributed by atoms with van der Waals surface area (Å²) in [5.74, 6) is 1.36. The van der Waals surface area contributed by atoms with Gasteiger partial charge in [-0.25, -0.2) is 8.42 Å². The highest BCUT2D eigenvalue weighted by molar-refractivity contribution is 7.95. The Morgan fingerprint density at radius 1 is 0.867 bits per heavy atom. The van der Waals surface area contributed by atoms with Gasteiger partial charge in [0.05, 0.1) is 50.8 Å². The number of methoxy groups -OCH3 is 4. The van der Waals surface area contributed by atoms with Crippen molar-refractivity contribution in [3.63, 3.8) is 0 Å². The van der Waals surface area contributed by atoms with Gasteiger partial charge in [0.25, 0.3) is 10.0 Å². The summed E-state index contributed by atoms with van der Waals surface area (Å²) in [4.78, 5) is 11.5. The monoisotopic (exact) mass is 436 g/mol. The van der Waals surface area contributed by atoms with Crippen LogP contribution in [0, 0.1) is 0 Å². The van der Waals surface area contributed by atoms with Crippen molar-refractivity contribution in [2.75, 3.05) is 38.5 Å². The molecule has 2 rings (SSSR count). The molecule has 2 aromatic rings. The molecular formula is C20H24N2O7S. The van der Waals surface area contributed by atoms with Gasteiger partial charge >= 0.3 is 0 Å². The van der Waals surface area contributed by atoms with Crippen LogP contribution in [-0.2, 0) is 14.8 Å². The van der Waals surface area contributed by atoms with E-state index in [0.29, 0.717) is 28.6 Å². The lowest BCUT2D eigenvalue weighted by Crippen LogP contribution is -2.13. The highest BCUT2D eigenvalue weighted by atomic mass is 32.2. The van der Waals surface area contributed by atoms with E-state index in [1.165, 1.54) is 53.6 Å². The average Bonchev–Trinajstić information content (AvgIpc) is 2.72. The maximum Gasteiger partial charge on any atom is 0.255 e. The molecule has 1 amide bonds. The van der Waals surface area contributed by atoms with Crippen molar-refractivity contribution in [3.8, 4) is 23.0 Å². The molecule has 0 aromatic heterocycles. The fraction of sp³-hybridized carbons (Fsp3) is 0.250. The summed E-state index contributed by atoms with van der Waals surface area (Å²) in [6.45, 7) is 1.32. The molecule has 2 aromatic carbocycles. The third-order valence-electron chi connectivity index (χ3n) is 3.96. The van der Waals surface area contributed by atoms with Crippen LogP contribution in [0.3, 0.4) is 0 Å². The van der Waals surface area contributed by atoms with E-state index >= 15 is 0 Å². The predicted octanol–water partition coefficient (Wildman–Crippen LogP) is 3.09. The summed E-state index contributed by atoms with van der Waals surface area (Å²) in [7, 11) is 1.93. The number of amides is 1. The third-order valence-corrected chi connectivity index (χ3v) is 4.96. The number of nitrogens with one attached hydrogen (secondary N) is 2. The Labute approximate surface area is 175 Å². The molecule has 2 N–H and O–H groups in total. The number of carbonyl (C=O) groups is 1. The smallest absolute Gasteiger partial charge is 0.255 e. The zero-order chi connectivity index (χ0) is 22.3. The van der Waals surface area contributed by atoms with Crippen LogP contribution in [0.15, 0.2) is 35.7 Å². The Bertz CT molecular complexity index is 1020. The molecule has 0 heterocycles. The highest BCUT2D eigenvalue weighted by Crippen LogP contribution is 2.35. The summed E-state index contributed by atoms with van der Waals surface area (Å²) in [5.41, 5.74) is 0.866. The van der Waals surface area contributed by atoms with E-state index in [1.807, 2.05) is 0 Å². The van der Waals surface area contributed by atoms with Gasteiger partial charge in [0, 0.05) is 25.1 Å². The number of carbonyl (C=O) groups excluding carboxylic acids is 1. The van der Waals surface area contributed by atoms with Crippen molar-refractivity contribution in [1.82, 2.24) is 0 Å². The number of hydrogen-bond donors (Lipinski definition) is 2. The summed E-state index contributed by atoms with van der Waals surface area (Å²) in [6.07, 6.45) is 1.35. The summed E-state index contributed by atoms with van der Waals surface area (Å²) < 4.78 is 48.6. The SMILES string of the molecule is COc1ccc(NS(=O)(=O)C=Cc2c(OC)cc(OC)cc2OC)c(NC(C)=O)c1. The van der Waals surface area contributed by atoms with Gasteiger partial charge < -0.3 is 24.3 Å². The normalized spacial score (nSPS) is 11.1. The average molecular weight is 436 g/mol. The molecule has 0 unspecified atom stereocenters. The van der Waals surface area contributed by atoms with Crippen LogP contribution < -0.4 is 29.0 Å². The van der Waals surface area contributed by atoms with Crippen LogP contribution in [0.4, 0.5) is 11.4 Å². The van der Waals surface area contributed by atoms with Crippen molar-refractivity contribution < 1.29 is 32.2 Å². The first kappa shape index (κ1) is 22.9. The zero-order valence-corrected chi connectivity index (χ0v) is 18.1. The van der Waals surface area contributed by atoms with Gasteiger partial charge in [0.2, 0.25) is 5.91 Å². The number of ether oxygens (including phenoxy) is 4.